The smallest absolute Gasteiger partial charge is 0.211 e. The summed E-state index contributed by atoms with van der Waals surface area (Å²) in [6.07, 6.45) is 0.583. The van der Waals surface area contributed by atoms with Crippen molar-refractivity contribution in [2.45, 2.75) is 13.0 Å². The van der Waals surface area contributed by atoms with E-state index >= 15 is 0 Å². The van der Waals surface area contributed by atoms with Gasteiger partial charge in [-0.3, -0.25) is 0 Å². The zero-order valence-corrected chi connectivity index (χ0v) is 7.74. The first kappa shape index (κ1) is 8.38. The van der Waals surface area contributed by atoms with E-state index in [2.05, 4.69) is 6.92 Å². The van der Waals surface area contributed by atoms with E-state index < -0.39 is 0 Å². The molecular formula is C10H12O3. The normalized spacial score (nSPS) is 20.3. The monoisotopic (exact) mass is 180 g/mol. The van der Waals surface area contributed by atoms with Crippen molar-refractivity contribution in [2.75, 3.05) is 13.7 Å². The molecule has 1 fully saturated rings. The van der Waals surface area contributed by atoms with Gasteiger partial charge in [0.25, 0.3) is 0 Å². The topological polar surface area (TPSA) is 34.3 Å². The Morgan fingerprint density at radius 2 is 2.15 bits per heavy atom. The van der Waals surface area contributed by atoms with Gasteiger partial charge in [0.05, 0.1) is 19.8 Å². The van der Waals surface area contributed by atoms with Crippen LogP contribution in [-0.4, -0.2) is 19.8 Å². The molecule has 3 heteroatoms. The van der Waals surface area contributed by atoms with Crippen molar-refractivity contribution in [3.63, 3.8) is 0 Å². The molecule has 3 nitrogen and oxygen atoms in total. The van der Waals surface area contributed by atoms with E-state index in [1.54, 1.807) is 7.11 Å². The van der Waals surface area contributed by atoms with Gasteiger partial charge in [-0.2, -0.15) is 0 Å². The van der Waals surface area contributed by atoms with Crippen LogP contribution in [0.5, 0.6) is 17.2 Å². The number of hydrogen-bond donors (Lipinski definition) is 0. The highest BCUT2D eigenvalue weighted by Crippen LogP contribution is 2.51. The average Bonchev–Trinajstić information content (AvgIpc) is 2.99. The van der Waals surface area contributed by atoms with E-state index in [9.17, 15) is 0 Å². The highest BCUT2D eigenvalue weighted by atomic mass is 16.6. The fourth-order valence-electron chi connectivity index (χ4n) is 0.921. The summed E-state index contributed by atoms with van der Waals surface area (Å²) in [6, 6.07) is 5.70. The first-order valence-corrected chi connectivity index (χ1v) is 4.27. The van der Waals surface area contributed by atoms with Crippen LogP contribution in [0.4, 0.5) is 0 Å². The number of epoxide rings is 1. The first-order valence-electron chi connectivity index (χ1n) is 4.27. The number of rotatable bonds is 1. The van der Waals surface area contributed by atoms with Crippen molar-refractivity contribution < 1.29 is 14.2 Å². The standard InChI is InChI=1S/C7H6O2.C3H6O/c1-8-5-3-2-4-6-7(5)9-6;1-3-2-4-3/h2-4H,1H3;3H,2H2,1H3. The molecule has 2 aliphatic rings. The van der Waals surface area contributed by atoms with Crippen LogP contribution in [0.15, 0.2) is 18.2 Å². The number of methoxy groups -OCH3 is 1. The van der Waals surface area contributed by atoms with Crippen molar-refractivity contribution in [1.82, 2.24) is 0 Å². The molecule has 1 atom stereocenters. The molecule has 1 aromatic rings. The number of benzene rings is 1. The predicted octanol–water partition coefficient (Wildman–Crippen LogP) is 2.21. The minimum atomic E-state index is 0.583. The molecule has 1 saturated heterocycles. The second-order valence-electron chi connectivity index (χ2n) is 3.03. The summed E-state index contributed by atoms with van der Waals surface area (Å²) in [5, 5.41) is 0. The number of fused-ring (bicyclic) bond motifs is 1. The number of para-hydroxylation sites is 1. The first-order chi connectivity index (χ1) is 6.31. The summed E-state index contributed by atoms with van der Waals surface area (Å²) in [5.74, 6) is 2.65. The van der Waals surface area contributed by atoms with E-state index in [0.29, 0.717) is 6.10 Å². The molecule has 0 bridgehead atoms. The fraction of sp³-hybridized carbons (Fsp3) is 0.400. The molecule has 0 aliphatic carbocycles. The lowest BCUT2D eigenvalue weighted by Gasteiger charge is -1.90. The maximum absolute atomic E-state index is 5.03. The lowest BCUT2D eigenvalue weighted by molar-refractivity contribution is 0.408. The minimum Gasteiger partial charge on any atom is -0.493 e. The SMILES string of the molecule is CC1CO1.COc1cccc2c1O2. The van der Waals surface area contributed by atoms with Crippen LogP contribution in [-0.2, 0) is 4.74 Å². The van der Waals surface area contributed by atoms with Gasteiger partial charge in [0.1, 0.15) is 0 Å². The number of ether oxygens (including phenoxy) is 3. The average molecular weight is 180 g/mol. The van der Waals surface area contributed by atoms with Crippen LogP contribution in [0.25, 0.3) is 0 Å². The Labute approximate surface area is 77.2 Å². The third-order valence-corrected chi connectivity index (χ3v) is 1.83. The molecule has 13 heavy (non-hydrogen) atoms. The molecule has 0 amide bonds. The van der Waals surface area contributed by atoms with Gasteiger partial charge in [-0.05, 0) is 19.1 Å². The van der Waals surface area contributed by atoms with Crippen molar-refractivity contribution in [3.8, 4) is 17.2 Å². The van der Waals surface area contributed by atoms with Crippen molar-refractivity contribution in [3.05, 3.63) is 18.2 Å². The van der Waals surface area contributed by atoms with Crippen LogP contribution in [0.1, 0.15) is 6.92 Å². The van der Waals surface area contributed by atoms with E-state index in [1.807, 2.05) is 18.2 Å². The summed E-state index contributed by atoms with van der Waals surface area (Å²) in [7, 11) is 1.64. The Balaban J connectivity index is 0.000000137. The second-order valence-corrected chi connectivity index (χ2v) is 3.03. The quantitative estimate of drug-likeness (QED) is 0.631. The second kappa shape index (κ2) is 3.26. The molecule has 2 aliphatic heterocycles. The summed E-state index contributed by atoms with van der Waals surface area (Å²) in [5.41, 5.74) is 0. The van der Waals surface area contributed by atoms with Crippen LogP contribution < -0.4 is 9.47 Å². The molecule has 0 spiro atoms. The summed E-state index contributed by atoms with van der Waals surface area (Å²) in [4.78, 5) is 0. The highest BCUT2D eigenvalue weighted by Gasteiger charge is 2.23. The Hall–Kier alpha value is -1.22. The molecule has 70 valence electrons. The van der Waals surface area contributed by atoms with Gasteiger partial charge in [-0.25, -0.2) is 0 Å². The highest BCUT2D eigenvalue weighted by molar-refractivity contribution is 5.62. The Bertz CT molecular complexity index is 305. The molecule has 2 heterocycles. The van der Waals surface area contributed by atoms with Crippen LogP contribution in [0.2, 0.25) is 0 Å². The van der Waals surface area contributed by atoms with Crippen LogP contribution >= 0.6 is 0 Å². The van der Waals surface area contributed by atoms with E-state index in [1.165, 1.54) is 0 Å². The third-order valence-electron chi connectivity index (χ3n) is 1.83. The molecular weight excluding hydrogens is 168 g/mol. The van der Waals surface area contributed by atoms with Gasteiger partial charge in [0.15, 0.2) is 11.5 Å². The number of hydrogen-bond acceptors (Lipinski definition) is 3. The molecule has 1 aromatic carbocycles. The summed E-state index contributed by atoms with van der Waals surface area (Å²) >= 11 is 0. The fourth-order valence-corrected chi connectivity index (χ4v) is 0.921. The van der Waals surface area contributed by atoms with Gasteiger partial charge in [-0.15, -0.1) is 0 Å². The van der Waals surface area contributed by atoms with Crippen molar-refractivity contribution in [2.24, 2.45) is 0 Å². The van der Waals surface area contributed by atoms with E-state index in [4.69, 9.17) is 14.2 Å². The van der Waals surface area contributed by atoms with Gasteiger partial charge in [-0.1, -0.05) is 6.07 Å². The molecule has 1 unspecified atom stereocenters. The van der Waals surface area contributed by atoms with E-state index in [-0.39, 0.29) is 0 Å². The van der Waals surface area contributed by atoms with Crippen molar-refractivity contribution >= 4 is 0 Å². The molecule has 0 radical (unpaired) electrons. The van der Waals surface area contributed by atoms with Gasteiger partial charge >= 0.3 is 0 Å². The van der Waals surface area contributed by atoms with Crippen LogP contribution in [0.3, 0.4) is 0 Å². The maximum atomic E-state index is 5.03. The Morgan fingerprint density at radius 3 is 2.62 bits per heavy atom. The zero-order chi connectivity index (χ0) is 9.26. The van der Waals surface area contributed by atoms with Crippen LogP contribution in [0, 0.1) is 0 Å². The Morgan fingerprint density at radius 1 is 1.46 bits per heavy atom. The predicted molar refractivity (Wildman–Crippen MR) is 48.5 cm³/mol. The van der Waals surface area contributed by atoms with E-state index in [0.717, 1.165) is 23.9 Å². The lowest BCUT2D eigenvalue weighted by atomic mass is 10.3. The van der Waals surface area contributed by atoms with Gasteiger partial charge in [0.2, 0.25) is 5.75 Å². The summed E-state index contributed by atoms with van der Waals surface area (Å²) < 4.78 is 14.7. The van der Waals surface area contributed by atoms with Crippen molar-refractivity contribution in [1.29, 1.82) is 0 Å². The molecule has 0 N–H and O–H groups in total. The minimum absolute atomic E-state index is 0.583. The molecule has 3 rings (SSSR count). The zero-order valence-electron chi connectivity index (χ0n) is 7.74. The lowest BCUT2D eigenvalue weighted by Crippen LogP contribution is -1.76. The Kier molecular flexibility index (Phi) is 2.10. The molecule has 0 saturated carbocycles. The third kappa shape index (κ3) is 2.12. The maximum Gasteiger partial charge on any atom is 0.211 e. The summed E-state index contributed by atoms with van der Waals surface area (Å²) in [6.45, 7) is 3.04. The largest absolute Gasteiger partial charge is 0.493 e. The van der Waals surface area contributed by atoms with Gasteiger partial charge in [0, 0.05) is 0 Å². The van der Waals surface area contributed by atoms with Gasteiger partial charge < -0.3 is 14.2 Å². The molecule has 0 aromatic heterocycles.